The number of benzene rings is 1. The van der Waals surface area contributed by atoms with E-state index < -0.39 is 0 Å². The molecule has 2 rings (SSSR count). The lowest BCUT2D eigenvalue weighted by atomic mass is 10.1. The molecule has 1 aromatic carbocycles. The average molecular weight is 307 g/mol. The van der Waals surface area contributed by atoms with Crippen LogP contribution in [0.25, 0.3) is 0 Å². The van der Waals surface area contributed by atoms with Crippen molar-refractivity contribution in [1.29, 1.82) is 0 Å². The summed E-state index contributed by atoms with van der Waals surface area (Å²) in [6.45, 7) is 5.31. The monoisotopic (exact) mass is 307 g/mol. The van der Waals surface area contributed by atoms with E-state index in [0.29, 0.717) is 22.9 Å². The fourth-order valence-corrected chi connectivity index (χ4v) is 2.31. The topological polar surface area (TPSA) is 65.9 Å². The number of phenols is 1. The number of hydrogen-bond acceptors (Lipinski definition) is 4. The van der Waals surface area contributed by atoms with E-state index in [9.17, 15) is 5.11 Å². The Balaban J connectivity index is 1.87. The van der Waals surface area contributed by atoms with Gasteiger partial charge in [-0.1, -0.05) is 11.6 Å². The summed E-state index contributed by atoms with van der Waals surface area (Å²) in [5.41, 5.74) is 5.24. The predicted molar refractivity (Wildman–Crippen MR) is 87.8 cm³/mol. The van der Waals surface area contributed by atoms with Crippen LogP contribution in [0.5, 0.6) is 5.75 Å². The predicted octanol–water partition coefficient (Wildman–Crippen LogP) is 2.07. The van der Waals surface area contributed by atoms with Crippen LogP contribution in [0, 0.1) is 6.92 Å². The van der Waals surface area contributed by atoms with Gasteiger partial charge in [0.1, 0.15) is 5.75 Å². The molecule has 1 aliphatic heterocycles. The summed E-state index contributed by atoms with van der Waals surface area (Å²) in [4.78, 5) is 0. The van der Waals surface area contributed by atoms with Crippen LogP contribution >= 0.6 is 12.2 Å². The fraction of sp³-hybridized carbons (Fsp3) is 0.467. The highest BCUT2D eigenvalue weighted by molar-refractivity contribution is 7.80. The van der Waals surface area contributed by atoms with Crippen LogP contribution in [0.3, 0.4) is 0 Å². The number of ether oxygens (including phenoxy) is 1. The maximum Gasteiger partial charge on any atom is 0.187 e. The first-order chi connectivity index (χ1) is 10.1. The summed E-state index contributed by atoms with van der Waals surface area (Å²) in [6, 6.07) is 5.41. The molecule has 0 radical (unpaired) electrons. The van der Waals surface area contributed by atoms with Gasteiger partial charge in [0.15, 0.2) is 5.11 Å². The van der Waals surface area contributed by atoms with Crippen LogP contribution in [0.1, 0.15) is 30.9 Å². The minimum absolute atomic E-state index is 0.210. The van der Waals surface area contributed by atoms with Crippen LogP contribution in [-0.4, -0.2) is 35.2 Å². The SMILES string of the molecule is C/C(=N\NC(=S)NC[C@@H]1CCCO1)c1cc(C)ccc1O. The highest BCUT2D eigenvalue weighted by atomic mass is 32.1. The van der Waals surface area contributed by atoms with Crippen LogP contribution in [0.15, 0.2) is 23.3 Å². The minimum atomic E-state index is 0.210. The van der Waals surface area contributed by atoms with E-state index in [0.717, 1.165) is 25.0 Å². The second kappa shape index (κ2) is 7.38. The van der Waals surface area contributed by atoms with Gasteiger partial charge in [-0.25, -0.2) is 0 Å². The minimum Gasteiger partial charge on any atom is -0.507 e. The molecular weight excluding hydrogens is 286 g/mol. The van der Waals surface area contributed by atoms with Gasteiger partial charge >= 0.3 is 0 Å². The van der Waals surface area contributed by atoms with Gasteiger partial charge in [-0.3, -0.25) is 5.43 Å². The Bertz CT molecular complexity index is 540. The third kappa shape index (κ3) is 4.68. The second-order valence-electron chi connectivity index (χ2n) is 5.17. The molecule has 0 saturated carbocycles. The third-order valence-electron chi connectivity index (χ3n) is 3.38. The van der Waals surface area contributed by atoms with Crippen molar-refractivity contribution in [3.05, 3.63) is 29.3 Å². The average Bonchev–Trinajstić information content (AvgIpc) is 2.98. The number of aromatic hydroxyl groups is 1. The van der Waals surface area contributed by atoms with Gasteiger partial charge in [0, 0.05) is 18.7 Å². The van der Waals surface area contributed by atoms with Crippen molar-refractivity contribution < 1.29 is 9.84 Å². The van der Waals surface area contributed by atoms with Gasteiger partial charge in [0.25, 0.3) is 0 Å². The Morgan fingerprint density at radius 2 is 2.33 bits per heavy atom. The molecular formula is C15H21N3O2S. The number of hydrazone groups is 1. The maximum atomic E-state index is 9.84. The standard InChI is InChI=1S/C15H21N3O2S/c1-10-5-6-14(19)13(8-10)11(2)17-18-15(21)16-9-12-4-3-7-20-12/h5-6,8,12,19H,3-4,7,9H2,1-2H3,(H2,16,18,21)/b17-11+/t12-/m0/s1. The molecule has 1 atom stereocenters. The summed E-state index contributed by atoms with van der Waals surface area (Å²) in [5.74, 6) is 0.210. The summed E-state index contributed by atoms with van der Waals surface area (Å²) in [5, 5.41) is 17.6. The zero-order valence-electron chi connectivity index (χ0n) is 12.3. The zero-order valence-corrected chi connectivity index (χ0v) is 13.2. The first-order valence-corrected chi connectivity index (χ1v) is 7.47. The normalized spacial score (nSPS) is 18.6. The summed E-state index contributed by atoms with van der Waals surface area (Å²) < 4.78 is 5.51. The number of nitrogens with zero attached hydrogens (tertiary/aromatic N) is 1. The fourth-order valence-electron chi connectivity index (χ4n) is 2.19. The quantitative estimate of drug-likeness (QED) is 0.451. The third-order valence-corrected chi connectivity index (χ3v) is 3.62. The molecule has 0 amide bonds. The van der Waals surface area contributed by atoms with Gasteiger partial charge in [0.05, 0.1) is 11.8 Å². The van der Waals surface area contributed by atoms with Gasteiger partial charge in [-0.2, -0.15) is 5.10 Å². The number of hydrogen-bond donors (Lipinski definition) is 3. The van der Waals surface area contributed by atoms with Crippen molar-refractivity contribution in [3.63, 3.8) is 0 Å². The largest absolute Gasteiger partial charge is 0.507 e. The highest BCUT2D eigenvalue weighted by Crippen LogP contribution is 2.18. The smallest absolute Gasteiger partial charge is 0.187 e. The number of phenolic OH excluding ortho intramolecular Hbond substituents is 1. The Kier molecular flexibility index (Phi) is 5.52. The molecule has 1 aromatic rings. The second-order valence-corrected chi connectivity index (χ2v) is 5.58. The Hall–Kier alpha value is -1.66. The molecule has 0 aromatic heterocycles. The van der Waals surface area contributed by atoms with Crippen LogP contribution in [-0.2, 0) is 4.74 Å². The Labute approximate surface area is 130 Å². The highest BCUT2D eigenvalue weighted by Gasteiger charge is 2.15. The molecule has 1 aliphatic rings. The molecule has 0 unspecified atom stereocenters. The van der Waals surface area contributed by atoms with Crippen LogP contribution < -0.4 is 10.7 Å². The van der Waals surface area contributed by atoms with Crippen LogP contribution in [0.2, 0.25) is 0 Å². The summed E-state index contributed by atoms with van der Waals surface area (Å²) in [7, 11) is 0. The molecule has 5 nitrogen and oxygen atoms in total. The van der Waals surface area contributed by atoms with Gasteiger partial charge in [0.2, 0.25) is 0 Å². The molecule has 0 spiro atoms. The number of rotatable bonds is 4. The van der Waals surface area contributed by atoms with E-state index in [2.05, 4.69) is 15.8 Å². The van der Waals surface area contributed by atoms with Crippen molar-refractivity contribution >= 4 is 23.0 Å². The van der Waals surface area contributed by atoms with Crippen molar-refractivity contribution in [1.82, 2.24) is 10.7 Å². The molecule has 1 heterocycles. The lowest BCUT2D eigenvalue weighted by Crippen LogP contribution is -2.37. The van der Waals surface area contributed by atoms with E-state index in [1.807, 2.05) is 26.0 Å². The van der Waals surface area contributed by atoms with Crippen molar-refractivity contribution in [3.8, 4) is 5.75 Å². The van der Waals surface area contributed by atoms with Crippen LogP contribution in [0.4, 0.5) is 0 Å². The van der Waals surface area contributed by atoms with Gasteiger partial charge in [-0.05, 0) is 51.0 Å². The number of aryl methyl sites for hydroxylation is 1. The molecule has 21 heavy (non-hydrogen) atoms. The van der Waals surface area contributed by atoms with E-state index in [4.69, 9.17) is 17.0 Å². The van der Waals surface area contributed by atoms with E-state index in [-0.39, 0.29) is 11.9 Å². The molecule has 0 bridgehead atoms. The summed E-state index contributed by atoms with van der Waals surface area (Å²) >= 11 is 5.17. The number of nitrogens with one attached hydrogen (secondary N) is 2. The molecule has 1 fully saturated rings. The zero-order chi connectivity index (χ0) is 15.2. The van der Waals surface area contributed by atoms with Gasteiger partial charge < -0.3 is 15.2 Å². The first kappa shape index (κ1) is 15.7. The number of thiocarbonyl (C=S) groups is 1. The van der Waals surface area contributed by atoms with Gasteiger partial charge in [-0.15, -0.1) is 0 Å². The Morgan fingerprint density at radius 1 is 1.52 bits per heavy atom. The maximum absolute atomic E-state index is 9.84. The van der Waals surface area contributed by atoms with E-state index in [1.54, 1.807) is 6.07 Å². The first-order valence-electron chi connectivity index (χ1n) is 7.06. The van der Waals surface area contributed by atoms with E-state index >= 15 is 0 Å². The molecule has 114 valence electrons. The van der Waals surface area contributed by atoms with Crippen molar-refractivity contribution in [2.75, 3.05) is 13.2 Å². The van der Waals surface area contributed by atoms with Crippen molar-refractivity contribution in [2.24, 2.45) is 5.10 Å². The molecule has 1 saturated heterocycles. The summed E-state index contributed by atoms with van der Waals surface area (Å²) in [6.07, 6.45) is 2.40. The lowest BCUT2D eigenvalue weighted by molar-refractivity contribution is 0.114. The Morgan fingerprint density at radius 3 is 3.05 bits per heavy atom. The molecule has 0 aliphatic carbocycles. The molecule has 6 heteroatoms. The van der Waals surface area contributed by atoms with Crippen molar-refractivity contribution in [2.45, 2.75) is 32.8 Å². The lowest BCUT2D eigenvalue weighted by Gasteiger charge is -2.12. The van der Waals surface area contributed by atoms with E-state index in [1.165, 1.54) is 0 Å². The molecule has 3 N–H and O–H groups in total.